The van der Waals surface area contributed by atoms with Gasteiger partial charge in [0.15, 0.2) is 0 Å². The molecule has 172 valence electrons. The van der Waals surface area contributed by atoms with Crippen LogP contribution in [0.5, 0.6) is 0 Å². The molecule has 2 heterocycles. The molecule has 2 aliphatic heterocycles. The third-order valence-corrected chi connectivity index (χ3v) is 7.60. The Bertz CT molecular complexity index is 931. The lowest BCUT2D eigenvalue weighted by atomic mass is 10.0. The van der Waals surface area contributed by atoms with Crippen LogP contribution >= 0.6 is 11.6 Å². The number of nitrogens with zero attached hydrogens (tertiary/aromatic N) is 2. The number of piperidine rings is 1. The normalized spacial score (nSPS) is 18.8. The van der Waals surface area contributed by atoms with E-state index in [1.54, 1.807) is 25.7 Å². The summed E-state index contributed by atoms with van der Waals surface area (Å²) in [5.74, 6) is -0.306. The van der Waals surface area contributed by atoms with Crippen molar-refractivity contribution in [3.63, 3.8) is 0 Å². The van der Waals surface area contributed by atoms with E-state index in [2.05, 4.69) is 5.32 Å². The molecule has 1 aromatic carbocycles. The first-order chi connectivity index (χ1) is 14.5. The highest BCUT2D eigenvalue weighted by atomic mass is 35.5. The van der Waals surface area contributed by atoms with Gasteiger partial charge in [-0.3, -0.25) is 4.79 Å². The lowest BCUT2D eigenvalue weighted by Gasteiger charge is -2.33. The topological polar surface area (TPSA) is 96.0 Å². The van der Waals surface area contributed by atoms with Crippen LogP contribution in [0, 0.1) is 0 Å². The summed E-state index contributed by atoms with van der Waals surface area (Å²) >= 11 is 6.25. The van der Waals surface area contributed by atoms with E-state index in [0.717, 1.165) is 12.8 Å². The molecule has 2 saturated heterocycles. The van der Waals surface area contributed by atoms with Crippen LogP contribution < -0.4 is 5.32 Å². The zero-order valence-corrected chi connectivity index (χ0v) is 19.8. The first-order valence-electron chi connectivity index (χ1n) is 10.6. The molecule has 0 saturated carbocycles. The van der Waals surface area contributed by atoms with Crippen LogP contribution in [0.3, 0.4) is 0 Å². The minimum absolute atomic E-state index is 0.0867. The second kappa shape index (κ2) is 9.34. The van der Waals surface area contributed by atoms with E-state index in [1.165, 1.54) is 22.5 Å². The summed E-state index contributed by atoms with van der Waals surface area (Å²) in [5.41, 5.74) is -0.390. The van der Waals surface area contributed by atoms with Crippen molar-refractivity contribution in [2.45, 2.75) is 63.0 Å². The number of likely N-dealkylation sites (tertiary alicyclic amines) is 1. The first kappa shape index (κ1) is 23.8. The van der Waals surface area contributed by atoms with Crippen LogP contribution in [0.2, 0.25) is 5.02 Å². The number of amides is 2. The maximum atomic E-state index is 13.1. The molecule has 31 heavy (non-hydrogen) atoms. The number of hydrogen-bond donors (Lipinski definition) is 1. The van der Waals surface area contributed by atoms with Crippen LogP contribution in [0.1, 0.15) is 56.8 Å². The van der Waals surface area contributed by atoms with Gasteiger partial charge < -0.3 is 15.0 Å². The van der Waals surface area contributed by atoms with Gasteiger partial charge in [-0.1, -0.05) is 11.6 Å². The highest BCUT2D eigenvalue weighted by Gasteiger charge is 2.30. The van der Waals surface area contributed by atoms with Crippen molar-refractivity contribution in [3.8, 4) is 0 Å². The third kappa shape index (κ3) is 5.90. The fourth-order valence-electron chi connectivity index (χ4n) is 3.78. The number of hydrogen-bond acceptors (Lipinski definition) is 5. The Labute approximate surface area is 188 Å². The molecule has 0 aliphatic carbocycles. The van der Waals surface area contributed by atoms with Gasteiger partial charge in [-0.2, -0.15) is 4.31 Å². The van der Waals surface area contributed by atoms with Crippen molar-refractivity contribution in [2.75, 3.05) is 26.2 Å². The summed E-state index contributed by atoms with van der Waals surface area (Å²) < 4.78 is 32.4. The van der Waals surface area contributed by atoms with Gasteiger partial charge >= 0.3 is 6.09 Å². The Kier molecular flexibility index (Phi) is 7.18. The third-order valence-electron chi connectivity index (χ3n) is 5.37. The molecule has 0 bridgehead atoms. The molecule has 1 aromatic rings. The van der Waals surface area contributed by atoms with Gasteiger partial charge in [-0.15, -0.1) is 0 Å². The fourth-order valence-corrected chi connectivity index (χ4v) is 5.52. The van der Waals surface area contributed by atoms with Crippen LogP contribution in [0.4, 0.5) is 4.79 Å². The Morgan fingerprint density at radius 1 is 1.10 bits per heavy atom. The number of halogens is 1. The summed E-state index contributed by atoms with van der Waals surface area (Å²) in [6.07, 6.45) is 2.36. The Morgan fingerprint density at radius 3 is 2.29 bits per heavy atom. The lowest BCUT2D eigenvalue weighted by Crippen LogP contribution is -2.47. The monoisotopic (exact) mass is 471 g/mol. The molecule has 0 spiro atoms. The summed E-state index contributed by atoms with van der Waals surface area (Å²) in [7, 11) is -3.64. The van der Waals surface area contributed by atoms with E-state index in [0.29, 0.717) is 39.0 Å². The molecule has 0 atom stereocenters. The SMILES string of the molecule is CC(C)(C)OC(=O)NC1CCN(C(=O)c2cc(S(=O)(=O)N3CCCC3)ccc2Cl)CC1. The van der Waals surface area contributed by atoms with Gasteiger partial charge in [0.25, 0.3) is 5.91 Å². The predicted octanol–water partition coefficient (Wildman–Crippen LogP) is 3.25. The van der Waals surface area contributed by atoms with Crippen molar-refractivity contribution in [3.05, 3.63) is 28.8 Å². The van der Waals surface area contributed by atoms with E-state index < -0.39 is 21.7 Å². The van der Waals surface area contributed by atoms with Crippen molar-refractivity contribution >= 4 is 33.6 Å². The number of carbonyl (C=O) groups excluding carboxylic acids is 2. The van der Waals surface area contributed by atoms with E-state index in [9.17, 15) is 18.0 Å². The van der Waals surface area contributed by atoms with Gasteiger partial charge in [0.05, 0.1) is 15.5 Å². The summed E-state index contributed by atoms with van der Waals surface area (Å²) in [5, 5.41) is 3.06. The molecule has 10 heteroatoms. The summed E-state index contributed by atoms with van der Waals surface area (Å²) in [6.45, 7) is 7.25. The van der Waals surface area contributed by atoms with E-state index >= 15 is 0 Å². The zero-order valence-electron chi connectivity index (χ0n) is 18.2. The second-order valence-electron chi connectivity index (χ2n) is 8.97. The van der Waals surface area contributed by atoms with E-state index in [-0.39, 0.29) is 27.4 Å². The maximum Gasteiger partial charge on any atom is 0.407 e. The molecular formula is C21H30ClN3O5S. The molecule has 2 amide bonds. The predicted molar refractivity (Wildman–Crippen MR) is 118 cm³/mol. The van der Waals surface area contributed by atoms with Crippen LogP contribution in [0.15, 0.2) is 23.1 Å². The number of nitrogens with one attached hydrogen (secondary N) is 1. The minimum atomic E-state index is -3.64. The largest absolute Gasteiger partial charge is 0.444 e. The Hall–Kier alpha value is -1.84. The number of ether oxygens (including phenoxy) is 1. The molecule has 3 rings (SSSR count). The van der Waals surface area contributed by atoms with Gasteiger partial charge in [0.1, 0.15) is 5.60 Å². The maximum absolute atomic E-state index is 13.1. The molecule has 8 nitrogen and oxygen atoms in total. The van der Waals surface area contributed by atoms with Gasteiger partial charge in [-0.25, -0.2) is 13.2 Å². The standard InChI is InChI=1S/C21H30ClN3O5S/c1-21(2,3)30-20(27)23-15-8-12-24(13-9-15)19(26)17-14-16(6-7-18(17)22)31(28,29)25-10-4-5-11-25/h6-7,14-15H,4-5,8-13H2,1-3H3,(H,23,27). The fraction of sp³-hybridized carbons (Fsp3) is 0.619. The Balaban J connectivity index is 1.65. The number of carbonyl (C=O) groups is 2. The highest BCUT2D eigenvalue weighted by Crippen LogP contribution is 2.27. The van der Waals surface area contributed by atoms with Crippen LogP contribution in [-0.4, -0.2) is 67.4 Å². The highest BCUT2D eigenvalue weighted by molar-refractivity contribution is 7.89. The molecule has 0 radical (unpaired) electrons. The molecule has 0 unspecified atom stereocenters. The lowest BCUT2D eigenvalue weighted by molar-refractivity contribution is 0.0473. The van der Waals surface area contributed by atoms with Crippen LogP contribution in [0.25, 0.3) is 0 Å². The van der Waals surface area contributed by atoms with Crippen molar-refractivity contribution in [1.29, 1.82) is 0 Å². The molecule has 1 N–H and O–H groups in total. The first-order valence-corrected chi connectivity index (χ1v) is 12.4. The molecule has 2 fully saturated rings. The van der Waals surface area contributed by atoms with E-state index in [4.69, 9.17) is 16.3 Å². The van der Waals surface area contributed by atoms with Gasteiger partial charge in [0.2, 0.25) is 10.0 Å². The summed E-state index contributed by atoms with van der Waals surface area (Å²) in [4.78, 5) is 26.7. The molecular weight excluding hydrogens is 442 g/mol. The second-order valence-corrected chi connectivity index (χ2v) is 11.3. The average Bonchev–Trinajstić information content (AvgIpc) is 3.22. The minimum Gasteiger partial charge on any atom is -0.444 e. The summed E-state index contributed by atoms with van der Waals surface area (Å²) in [6, 6.07) is 4.21. The van der Waals surface area contributed by atoms with Gasteiger partial charge in [-0.05, 0) is 64.7 Å². The smallest absolute Gasteiger partial charge is 0.407 e. The average molecular weight is 472 g/mol. The zero-order chi connectivity index (χ0) is 22.8. The number of sulfonamides is 1. The quantitative estimate of drug-likeness (QED) is 0.727. The Morgan fingerprint density at radius 2 is 1.71 bits per heavy atom. The van der Waals surface area contributed by atoms with Gasteiger partial charge in [0, 0.05) is 32.2 Å². The number of alkyl carbamates (subject to hydrolysis) is 1. The number of benzene rings is 1. The number of rotatable bonds is 4. The molecule has 2 aliphatic rings. The van der Waals surface area contributed by atoms with Crippen molar-refractivity contribution < 1.29 is 22.7 Å². The van der Waals surface area contributed by atoms with E-state index in [1.807, 2.05) is 0 Å². The van der Waals surface area contributed by atoms with Crippen LogP contribution in [-0.2, 0) is 14.8 Å². The van der Waals surface area contributed by atoms with Crippen molar-refractivity contribution in [1.82, 2.24) is 14.5 Å². The molecule has 0 aromatic heterocycles. The van der Waals surface area contributed by atoms with Crippen molar-refractivity contribution in [2.24, 2.45) is 0 Å².